The number of phenols is 1. The Morgan fingerprint density at radius 2 is 0.953 bits per heavy atom. The van der Waals surface area contributed by atoms with Gasteiger partial charge in [0.1, 0.15) is 5.75 Å². The lowest BCUT2D eigenvalue weighted by atomic mass is 9.77. The van der Waals surface area contributed by atoms with Crippen LogP contribution in [0.2, 0.25) is 0 Å². The van der Waals surface area contributed by atoms with Crippen molar-refractivity contribution < 1.29 is 24.9 Å². The van der Waals surface area contributed by atoms with Crippen molar-refractivity contribution >= 4 is 11.9 Å². The third-order valence-corrected chi connectivity index (χ3v) is 8.33. The van der Waals surface area contributed by atoms with E-state index < -0.39 is 11.9 Å². The van der Waals surface area contributed by atoms with E-state index in [2.05, 4.69) is 48.5 Å². The first-order valence-corrected chi connectivity index (χ1v) is 17.5. The van der Waals surface area contributed by atoms with E-state index in [9.17, 15) is 19.8 Å². The molecule has 1 atom stereocenters. The first-order valence-electron chi connectivity index (χ1n) is 17.5. The van der Waals surface area contributed by atoms with E-state index in [-0.39, 0.29) is 23.2 Å². The minimum absolute atomic E-state index is 0.202. The second-order valence-corrected chi connectivity index (χ2v) is 14.6. The smallest absolute Gasteiger partial charge is 0.306 e. The number of aliphatic carboxylic acids is 2. The normalized spacial score (nSPS) is 12.5. The summed E-state index contributed by atoms with van der Waals surface area (Å²) in [6, 6.07) is 4.07. The zero-order chi connectivity index (χ0) is 32.9. The molecule has 0 aliphatic rings. The van der Waals surface area contributed by atoms with E-state index in [1.165, 1.54) is 89.9 Å². The molecule has 0 saturated heterocycles. The molecule has 1 rings (SSSR count). The zero-order valence-corrected chi connectivity index (χ0v) is 29.3. The molecule has 0 bridgehead atoms. The predicted molar refractivity (Wildman–Crippen MR) is 182 cm³/mol. The van der Waals surface area contributed by atoms with Gasteiger partial charge in [-0.05, 0) is 40.4 Å². The molecule has 0 amide bonds. The summed E-state index contributed by atoms with van der Waals surface area (Å²) < 4.78 is 0. The van der Waals surface area contributed by atoms with E-state index >= 15 is 0 Å². The average Bonchev–Trinajstić information content (AvgIpc) is 2.91. The third kappa shape index (κ3) is 19.8. The van der Waals surface area contributed by atoms with Gasteiger partial charge in [-0.1, -0.05) is 170 Å². The van der Waals surface area contributed by atoms with E-state index in [0.29, 0.717) is 12.2 Å². The number of carbonyl (C=O) groups is 2. The molecule has 0 aromatic heterocycles. The molecule has 3 N–H and O–H groups in total. The number of carboxylic acids is 2. The number of carboxylic acid groups (broad SMARTS) is 2. The number of rotatable bonds is 21. The van der Waals surface area contributed by atoms with Crippen molar-refractivity contribution in [2.24, 2.45) is 5.92 Å². The monoisotopic (exact) mass is 605 g/mol. The van der Waals surface area contributed by atoms with Gasteiger partial charge in [-0.25, -0.2) is 0 Å². The Hall–Kier alpha value is -2.04. The molecular weight excluding hydrogens is 536 g/mol. The highest BCUT2D eigenvalue weighted by atomic mass is 16.4. The van der Waals surface area contributed by atoms with Gasteiger partial charge in [0.05, 0.1) is 5.92 Å². The van der Waals surface area contributed by atoms with Crippen molar-refractivity contribution in [1.82, 2.24) is 0 Å². The Morgan fingerprint density at radius 3 is 1.23 bits per heavy atom. The van der Waals surface area contributed by atoms with Gasteiger partial charge in [0.25, 0.3) is 0 Å². The number of aromatic hydroxyl groups is 1. The minimum Gasteiger partial charge on any atom is -0.507 e. The Kier molecular flexibility index (Phi) is 21.4. The quantitative estimate of drug-likeness (QED) is 0.121. The van der Waals surface area contributed by atoms with Crippen LogP contribution in [0.25, 0.3) is 0 Å². The van der Waals surface area contributed by atoms with Crippen LogP contribution >= 0.6 is 0 Å². The van der Waals surface area contributed by atoms with Crippen LogP contribution in [0.5, 0.6) is 5.75 Å². The molecule has 43 heavy (non-hydrogen) atoms. The molecule has 0 aliphatic heterocycles. The Balaban J connectivity index is 0.00000324. The van der Waals surface area contributed by atoms with Crippen molar-refractivity contribution in [2.45, 2.75) is 188 Å². The highest BCUT2D eigenvalue weighted by Gasteiger charge is 2.28. The van der Waals surface area contributed by atoms with Crippen LogP contribution in [0.1, 0.15) is 188 Å². The van der Waals surface area contributed by atoms with Crippen molar-refractivity contribution in [2.75, 3.05) is 0 Å². The molecule has 5 nitrogen and oxygen atoms in total. The van der Waals surface area contributed by atoms with Crippen LogP contribution in [0.15, 0.2) is 12.1 Å². The predicted octanol–water partition coefficient (Wildman–Crippen LogP) is 11.4. The summed E-state index contributed by atoms with van der Waals surface area (Å²) in [4.78, 5) is 21.4. The molecule has 1 aromatic rings. The Bertz CT molecular complexity index is 856. The van der Waals surface area contributed by atoms with Crippen LogP contribution in [-0.2, 0) is 26.8 Å². The summed E-state index contributed by atoms with van der Waals surface area (Å²) in [5.41, 5.74) is 2.44. The van der Waals surface area contributed by atoms with E-state index in [0.717, 1.165) is 36.0 Å². The van der Waals surface area contributed by atoms with Crippen molar-refractivity contribution in [3.63, 3.8) is 0 Å². The van der Waals surface area contributed by atoms with Crippen molar-refractivity contribution in [1.29, 1.82) is 0 Å². The van der Waals surface area contributed by atoms with Gasteiger partial charge in [0.2, 0.25) is 0 Å². The van der Waals surface area contributed by atoms with Crippen LogP contribution in [-0.4, -0.2) is 27.3 Å². The molecule has 0 saturated carbocycles. The zero-order valence-electron chi connectivity index (χ0n) is 29.3. The maximum atomic E-state index is 12.1. The molecule has 5 heteroatoms. The number of hydrogen-bond donors (Lipinski definition) is 3. The number of benzene rings is 1. The number of phenolic OH excluding ortho intramolecular Hbond substituents is 1. The van der Waals surface area contributed by atoms with Gasteiger partial charge >= 0.3 is 11.9 Å². The Labute approximate surface area is 265 Å². The molecule has 1 aromatic carbocycles. The molecule has 0 fully saturated rings. The Morgan fingerprint density at radius 1 is 0.628 bits per heavy atom. The SMILES string of the molecule is CCC(=O)O.CCCCCCCCCCCCCCCCCCC(Cc1cc(C(C)(C)C)c(O)c(C(C)(C)C)c1)C(=O)O. The van der Waals surface area contributed by atoms with Gasteiger partial charge in [-0.2, -0.15) is 0 Å². The first kappa shape index (κ1) is 41.0. The summed E-state index contributed by atoms with van der Waals surface area (Å²) in [6.07, 6.45) is 22.7. The molecule has 0 heterocycles. The highest BCUT2D eigenvalue weighted by Crippen LogP contribution is 2.40. The van der Waals surface area contributed by atoms with Gasteiger partial charge in [-0.3, -0.25) is 9.59 Å². The second kappa shape index (κ2) is 22.5. The fourth-order valence-electron chi connectivity index (χ4n) is 5.49. The maximum Gasteiger partial charge on any atom is 0.306 e. The van der Waals surface area contributed by atoms with Crippen LogP contribution in [0.3, 0.4) is 0 Å². The number of unbranched alkanes of at least 4 members (excludes halogenated alkanes) is 15. The van der Waals surface area contributed by atoms with Gasteiger partial charge in [0, 0.05) is 6.42 Å². The molecule has 0 radical (unpaired) electrons. The largest absolute Gasteiger partial charge is 0.507 e. The number of hydrogen-bond acceptors (Lipinski definition) is 3. The van der Waals surface area contributed by atoms with Crippen LogP contribution < -0.4 is 0 Å². The topological polar surface area (TPSA) is 94.8 Å². The highest BCUT2D eigenvalue weighted by molar-refractivity contribution is 5.70. The molecule has 0 aliphatic carbocycles. The lowest BCUT2D eigenvalue weighted by molar-refractivity contribution is -0.142. The summed E-state index contributed by atoms with van der Waals surface area (Å²) in [5, 5.41) is 28.6. The van der Waals surface area contributed by atoms with E-state index in [1.807, 2.05) is 12.1 Å². The molecule has 250 valence electrons. The maximum absolute atomic E-state index is 12.1. The first-order chi connectivity index (χ1) is 20.1. The van der Waals surface area contributed by atoms with Crippen LogP contribution in [0, 0.1) is 5.92 Å². The van der Waals surface area contributed by atoms with Gasteiger partial charge in [-0.15, -0.1) is 0 Å². The summed E-state index contributed by atoms with van der Waals surface area (Å²) in [7, 11) is 0. The van der Waals surface area contributed by atoms with Crippen LogP contribution in [0.4, 0.5) is 0 Å². The van der Waals surface area contributed by atoms with Crippen molar-refractivity contribution in [3.05, 3.63) is 28.8 Å². The fraction of sp³-hybridized carbons (Fsp3) is 0.789. The second-order valence-electron chi connectivity index (χ2n) is 14.6. The van der Waals surface area contributed by atoms with Gasteiger partial charge < -0.3 is 15.3 Å². The molecule has 1 unspecified atom stereocenters. The standard InChI is InChI=1S/C35H62O3.C3H6O2/c1-8-9-10-11-12-13-14-15-16-17-18-19-20-21-22-23-24-29(33(37)38)25-28-26-30(34(2,3)4)32(36)31(27-28)35(5,6)7;1-2-3(4)5/h26-27,29,36H,8-25H2,1-7H3,(H,37,38);2H2,1H3,(H,4,5). The van der Waals surface area contributed by atoms with E-state index in [1.54, 1.807) is 6.92 Å². The lowest BCUT2D eigenvalue weighted by Gasteiger charge is -2.28. The molecule has 0 spiro atoms. The third-order valence-electron chi connectivity index (χ3n) is 8.33. The van der Waals surface area contributed by atoms with Crippen molar-refractivity contribution in [3.8, 4) is 5.75 Å². The fourth-order valence-corrected chi connectivity index (χ4v) is 5.49. The van der Waals surface area contributed by atoms with E-state index in [4.69, 9.17) is 5.11 Å². The molecular formula is C38H68O5. The summed E-state index contributed by atoms with van der Waals surface area (Å²) in [6.45, 7) is 16.5. The lowest BCUT2D eigenvalue weighted by Crippen LogP contribution is -2.20. The summed E-state index contributed by atoms with van der Waals surface area (Å²) in [5.74, 6) is -1.45. The van der Waals surface area contributed by atoms with Gasteiger partial charge in [0.15, 0.2) is 0 Å². The minimum atomic E-state index is -0.745. The average molecular weight is 605 g/mol. The summed E-state index contributed by atoms with van der Waals surface area (Å²) >= 11 is 0.